The van der Waals surface area contributed by atoms with Crippen LogP contribution in [0, 0.1) is 0 Å². The van der Waals surface area contributed by atoms with E-state index in [0.717, 1.165) is 0 Å². The monoisotopic (exact) mass is 225 g/mol. The fourth-order valence-electron chi connectivity index (χ4n) is 0.536. The van der Waals surface area contributed by atoms with E-state index in [4.69, 9.17) is 9.84 Å². The van der Waals surface area contributed by atoms with Gasteiger partial charge in [-0.05, 0) is 6.92 Å². The Morgan fingerprint density at radius 2 is 2.45 bits per heavy atom. The molecule has 0 saturated heterocycles. The number of ether oxygens (including phenoxy) is 1. The first kappa shape index (κ1) is 10.9. The van der Waals surface area contributed by atoms with Crippen LogP contribution in [0.1, 0.15) is 6.92 Å². The number of nitrogens with one attached hydrogen (secondary N) is 1. The van der Waals surface area contributed by atoms with Crippen LogP contribution in [-0.2, 0) is 9.53 Å². The Hall–Kier alpha value is -0.130. The van der Waals surface area contributed by atoms with Crippen molar-refractivity contribution in [2.24, 2.45) is 0 Å². The largest absolute Gasteiger partial charge is 0.394 e. The molecule has 2 N–H and O–H groups in total. The zero-order valence-corrected chi connectivity index (χ0v) is 7.93. The van der Waals surface area contributed by atoms with E-state index in [0.29, 0.717) is 0 Å². The number of alkyl halides is 1. The van der Waals surface area contributed by atoms with Gasteiger partial charge in [0.2, 0.25) is 5.91 Å². The number of aliphatic hydroxyl groups is 1. The van der Waals surface area contributed by atoms with Gasteiger partial charge in [-0.3, -0.25) is 4.79 Å². The maximum atomic E-state index is 10.7. The Labute approximate surface area is 74.1 Å². The Bertz CT molecular complexity index is 120. The third kappa shape index (κ3) is 6.28. The molecule has 0 fully saturated rings. The van der Waals surface area contributed by atoms with Crippen molar-refractivity contribution in [3.05, 3.63) is 0 Å². The van der Waals surface area contributed by atoms with Crippen LogP contribution in [0.4, 0.5) is 0 Å². The summed E-state index contributed by atoms with van der Waals surface area (Å²) in [6, 6.07) is 0. The maximum absolute atomic E-state index is 10.7. The number of aliphatic hydroxyl groups excluding tert-OH is 1. The van der Waals surface area contributed by atoms with Gasteiger partial charge in [0.25, 0.3) is 0 Å². The lowest BCUT2D eigenvalue weighted by Crippen LogP contribution is -2.35. The summed E-state index contributed by atoms with van der Waals surface area (Å²) >= 11 is 2.99. The molecule has 1 atom stereocenters. The second-order valence-electron chi connectivity index (χ2n) is 1.94. The van der Waals surface area contributed by atoms with Crippen LogP contribution < -0.4 is 5.32 Å². The minimum atomic E-state index is -0.341. The summed E-state index contributed by atoms with van der Waals surface area (Å²) in [5.41, 5.74) is 0. The van der Waals surface area contributed by atoms with Gasteiger partial charge in [0, 0.05) is 0 Å². The second kappa shape index (κ2) is 6.57. The predicted octanol–water partition coefficient (Wildman–Crippen LogP) is -0.148. The van der Waals surface area contributed by atoms with Crippen molar-refractivity contribution in [1.82, 2.24) is 5.32 Å². The highest BCUT2D eigenvalue weighted by Gasteiger charge is 2.04. The summed E-state index contributed by atoms with van der Waals surface area (Å²) in [4.78, 5) is 10.7. The van der Waals surface area contributed by atoms with Gasteiger partial charge in [-0.15, -0.1) is 0 Å². The van der Waals surface area contributed by atoms with E-state index in [9.17, 15) is 4.79 Å². The third-order valence-electron chi connectivity index (χ3n) is 0.945. The summed E-state index contributed by atoms with van der Waals surface area (Å²) < 4.78 is 4.96. The Morgan fingerprint density at radius 3 is 2.91 bits per heavy atom. The molecule has 0 saturated carbocycles. The van der Waals surface area contributed by atoms with E-state index in [1.165, 1.54) is 0 Å². The Balaban J connectivity index is 3.35. The van der Waals surface area contributed by atoms with Crippen LogP contribution in [0.25, 0.3) is 0 Å². The number of carbonyl (C=O) groups excluding carboxylic acids is 1. The summed E-state index contributed by atoms with van der Waals surface area (Å²) in [7, 11) is 0. The fraction of sp³-hybridized carbons (Fsp3) is 0.833. The quantitative estimate of drug-likeness (QED) is 0.506. The molecule has 0 aromatic carbocycles. The maximum Gasteiger partial charge on any atom is 0.232 e. The molecule has 0 aliphatic rings. The number of hydrogen-bond acceptors (Lipinski definition) is 3. The van der Waals surface area contributed by atoms with Gasteiger partial charge in [0.1, 0.15) is 6.23 Å². The summed E-state index contributed by atoms with van der Waals surface area (Å²) in [6.07, 6.45) is -0.341. The predicted molar refractivity (Wildman–Crippen MR) is 44.4 cm³/mol. The van der Waals surface area contributed by atoms with Crippen molar-refractivity contribution < 1.29 is 14.6 Å². The van der Waals surface area contributed by atoms with E-state index in [-0.39, 0.29) is 30.7 Å². The van der Waals surface area contributed by atoms with E-state index in [1.807, 2.05) is 0 Å². The van der Waals surface area contributed by atoms with Crippen molar-refractivity contribution in [1.29, 1.82) is 0 Å². The van der Waals surface area contributed by atoms with Crippen LogP contribution in [0.5, 0.6) is 0 Å². The van der Waals surface area contributed by atoms with Crippen molar-refractivity contribution >= 4 is 21.8 Å². The van der Waals surface area contributed by atoms with Crippen LogP contribution in [0.2, 0.25) is 0 Å². The van der Waals surface area contributed by atoms with E-state index >= 15 is 0 Å². The molecule has 0 aliphatic carbocycles. The average molecular weight is 226 g/mol. The fourth-order valence-corrected chi connectivity index (χ4v) is 0.698. The lowest BCUT2D eigenvalue weighted by atomic mass is 10.6. The molecule has 0 bridgehead atoms. The number of rotatable bonds is 5. The third-order valence-corrected chi connectivity index (χ3v) is 1.45. The van der Waals surface area contributed by atoms with Crippen molar-refractivity contribution in [3.8, 4) is 0 Å². The molecule has 0 spiro atoms. The lowest BCUT2D eigenvalue weighted by Gasteiger charge is -2.12. The number of carbonyl (C=O) groups is 1. The number of amides is 1. The van der Waals surface area contributed by atoms with Crippen molar-refractivity contribution in [2.45, 2.75) is 13.2 Å². The summed E-state index contributed by atoms with van der Waals surface area (Å²) in [6.45, 7) is 1.91. The standard InChI is InChI=1S/C6H12BrNO3/c1-5(11-3-2-9)8-6(10)4-7/h5,9H,2-4H2,1H3,(H,8,10). The van der Waals surface area contributed by atoms with Gasteiger partial charge in [-0.1, -0.05) is 15.9 Å². The summed E-state index contributed by atoms with van der Waals surface area (Å²) in [5, 5.41) is 11.2. The Kier molecular flexibility index (Phi) is 6.49. The first-order valence-electron chi connectivity index (χ1n) is 3.28. The first-order valence-corrected chi connectivity index (χ1v) is 4.40. The highest BCUT2D eigenvalue weighted by atomic mass is 79.9. The number of hydrogen-bond donors (Lipinski definition) is 2. The number of halogens is 1. The van der Waals surface area contributed by atoms with Crippen LogP contribution in [0.3, 0.4) is 0 Å². The lowest BCUT2D eigenvalue weighted by molar-refractivity contribution is -0.122. The van der Waals surface area contributed by atoms with Crippen LogP contribution in [-0.4, -0.2) is 35.8 Å². The van der Waals surface area contributed by atoms with Gasteiger partial charge in [0.05, 0.1) is 18.5 Å². The van der Waals surface area contributed by atoms with E-state index < -0.39 is 0 Å². The summed E-state index contributed by atoms with van der Waals surface area (Å²) in [5.74, 6) is -0.129. The molecular weight excluding hydrogens is 214 g/mol. The van der Waals surface area contributed by atoms with Crippen LogP contribution >= 0.6 is 15.9 Å². The highest BCUT2D eigenvalue weighted by molar-refractivity contribution is 9.09. The van der Waals surface area contributed by atoms with Crippen molar-refractivity contribution in [2.75, 3.05) is 18.5 Å². The van der Waals surface area contributed by atoms with Crippen LogP contribution in [0.15, 0.2) is 0 Å². The van der Waals surface area contributed by atoms with Gasteiger partial charge in [-0.25, -0.2) is 0 Å². The normalized spacial score (nSPS) is 12.6. The van der Waals surface area contributed by atoms with E-state index in [1.54, 1.807) is 6.92 Å². The van der Waals surface area contributed by atoms with Crippen molar-refractivity contribution in [3.63, 3.8) is 0 Å². The highest BCUT2D eigenvalue weighted by Crippen LogP contribution is 1.86. The van der Waals surface area contributed by atoms with Gasteiger partial charge < -0.3 is 15.2 Å². The molecule has 0 rings (SSSR count). The molecule has 1 amide bonds. The van der Waals surface area contributed by atoms with Gasteiger partial charge in [0.15, 0.2) is 0 Å². The molecular formula is C6H12BrNO3. The SMILES string of the molecule is CC(NC(=O)CBr)OCCO. The molecule has 0 aromatic rings. The molecule has 0 heterocycles. The molecule has 66 valence electrons. The smallest absolute Gasteiger partial charge is 0.232 e. The average Bonchev–Trinajstić information content (AvgIpc) is 2.00. The molecule has 11 heavy (non-hydrogen) atoms. The molecule has 1 unspecified atom stereocenters. The zero-order valence-electron chi connectivity index (χ0n) is 6.34. The zero-order chi connectivity index (χ0) is 8.69. The minimum absolute atomic E-state index is 0.0332. The Morgan fingerprint density at radius 1 is 1.82 bits per heavy atom. The molecule has 0 radical (unpaired) electrons. The molecule has 4 nitrogen and oxygen atoms in total. The second-order valence-corrected chi connectivity index (χ2v) is 2.50. The minimum Gasteiger partial charge on any atom is -0.394 e. The molecule has 0 aliphatic heterocycles. The molecule has 0 aromatic heterocycles. The van der Waals surface area contributed by atoms with E-state index in [2.05, 4.69) is 21.2 Å². The van der Waals surface area contributed by atoms with Gasteiger partial charge in [-0.2, -0.15) is 0 Å². The topological polar surface area (TPSA) is 58.6 Å². The van der Waals surface area contributed by atoms with Gasteiger partial charge >= 0.3 is 0 Å². The molecule has 5 heteroatoms. The first-order chi connectivity index (χ1) is 5.20.